The molecule has 0 aliphatic carbocycles. The number of alkyl halides is 3. The van der Waals surface area contributed by atoms with Crippen LogP contribution in [0.4, 0.5) is 13.2 Å². The minimum absolute atomic E-state index is 0.0527. The van der Waals surface area contributed by atoms with E-state index < -0.39 is 11.9 Å². The third kappa shape index (κ3) is 5.17. The van der Waals surface area contributed by atoms with Gasteiger partial charge in [-0.05, 0) is 26.8 Å². The van der Waals surface area contributed by atoms with Crippen LogP contribution in [0.5, 0.6) is 0 Å². The average Bonchev–Trinajstić information content (AvgIpc) is 3.22. The van der Waals surface area contributed by atoms with E-state index in [1.807, 2.05) is 11.6 Å². The molecule has 0 unspecified atom stereocenters. The van der Waals surface area contributed by atoms with Crippen LogP contribution in [0.3, 0.4) is 0 Å². The molecule has 1 aliphatic rings. The maximum atomic E-state index is 12.7. The summed E-state index contributed by atoms with van der Waals surface area (Å²) in [6.45, 7) is 10.2. The molecular weight excluding hydrogens is 385 g/mol. The van der Waals surface area contributed by atoms with Gasteiger partial charge in [-0.2, -0.15) is 23.4 Å². The summed E-state index contributed by atoms with van der Waals surface area (Å²) in [5.74, 6) is -0.0527. The fourth-order valence-corrected chi connectivity index (χ4v) is 3.51. The van der Waals surface area contributed by atoms with Gasteiger partial charge in [0.25, 0.3) is 0 Å². The monoisotopic (exact) mass is 412 g/mol. The highest BCUT2D eigenvalue weighted by molar-refractivity contribution is 5.76. The van der Waals surface area contributed by atoms with Crippen LogP contribution in [0.15, 0.2) is 12.3 Å². The lowest BCUT2D eigenvalue weighted by atomic mass is 10.2. The van der Waals surface area contributed by atoms with Gasteiger partial charge in [0.2, 0.25) is 5.91 Å². The third-order valence-electron chi connectivity index (χ3n) is 5.30. The Bertz CT molecular complexity index is 849. The van der Waals surface area contributed by atoms with Crippen molar-refractivity contribution < 1.29 is 18.0 Å². The molecule has 0 radical (unpaired) electrons. The highest BCUT2D eigenvalue weighted by Gasteiger charge is 2.34. The highest BCUT2D eigenvalue weighted by Crippen LogP contribution is 2.28. The Labute approximate surface area is 168 Å². The number of hydrogen-bond donors (Lipinski definition) is 0. The zero-order chi connectivity index (χ0) is 21.2. The summed E-state index contributed by atoms with van der Waals surface area (Å²) in [7, 11) is 0. The van der Waals surface area contributed by atoms with Crippen LogP contribution in [0.1, 0.15) is 36.0 Å². The van der Waals surface area contributed by atoms with Gasteiger partial charge in [0, 0.05) is 69.7 Å². The SMILES string of the molecule is CCn1cc(CN2CCN(C(=O)CCn3nc(C(F)(F)F)cc3C)CC2)c(C)n1. The normalized spacial score (nSPS) is 15.9. The first kappa shape index (κ1) is 21.4. The van der Waals surface area contributed by atoms with E-state index in [-0.39, 0.29) is 18.9 Å². The zero-order valence-corrected chi connectivity index (χ0v) is 17.0. The fraction of sp³-hybridized carbons (Fsp3) is 0.632. The van der Waals surface area contributed by atoms with Gasteiger partial charge < -0.3 is 4.90 Å². The lowest BCUT2D eigenvalue weighted by molar-refractivity contribution is -0.141. The largest absolute Gasteiger partial charge is 0.435 e. The summed E-state index contributed by atoms with van der Waals surface area (Å²) in [6.07, 6.45) is -2.26. The molecule has 2 aromatic heterocycles. The zero-order valence-electron chi connectivity index (χ0n) is 17.0. The summed E-state index contributed by atoms with van der Waals surface area (Å²) < 4.78 is 41.4. The van der Waals surface area contributed by atoms with Gasteiger partial charge >= 0.3 is 6.18 Å². The number of aryl methyl sites for hydroxylation is 4. The Morgan fingerprint density at radius 1 is 1.14 bits per heavy atom. The molecule has 0 N–H and O–H groups in total. The fourth-order valence-electron chi connectivity index (χ4n) is 3.51. The Balaban J connectivity index is 1.48. The van der Waals surface area contributed by atoms with Crippen LogP contribution in [0.2, 0.25) is 0 Å². The number of piperazine rings is 1. The van der Waals surface area contributed by atoms with Gasteiger partial charge in [-0.1, -0.05) is 0 Å². The van der Waals surface area contributed by atoms with Gasteiger partial charge in [0.15, 0.2) is 5.69 Å². The third-order valence-corrected chi connectivity index (χ3v) is 5.30. The van der Waals surface area contributed by atoms with Crippen LogP contribution in [0.25, 0.3) is 0 Å². The van der Waals surface area contributed by atoms with E-state index in [0.717, 1.165) is 37.9 Å². The Kier molecular flexibility index (Phi) is 6.30. The summed E-state index contributed by atoms with van der Waals surface area (Å²) in [4.78, 5) is 16.6. The lowest BCUT2D eigenvalue weighted by Crippen LogP contribution is -2.48. The van der Waals surface area contributed by atoms with Crippen LogP contribution in [-0.2, 0) is 30.6 Å². The van der Waals surface area contributed by atoms with Crippen molar-refractivity contribution in [3.63, 3.8) is 0 Å². The molecule has 1 saturated heterocycles. The number of rotatable bonds is 6. The van der Waals surface area contributed by atoms with Crippen LogP contribution in [0, 0.1) is 13.8 Å². The molecular formula is C19H27F3N6O. The Morgan fingerprint density at radius 3 is 2.38 bits per heavy atom. The van der Waals surface area contributed by atoms with E-state index in [2.05, 4.69) is 28.2 Å². The molecule has 0 spiro atoms. The van der Waals surface area contributed by atoms with Crippen LogP contribution < -0.4 is 0 Å². The lowest BCUT2D eigenvalue weighted by Gasteiger charge is -2.34. The second-order valence-electron chi connectivity index (χ2n) is 7.39. The number of nitrogens with zero attached hydrogens (tertiary/aromatic N) is 6. The minimum atomic E-state index is -4.47. The van der Waals surface area contributed by atoms with Gasteiger partial charge in [0.05, 0.1) is 5.69 Å². The number of amides is 1. The van der Waals surface area contributed by atoms with E-state index in [4.69, 9.17) is 0 Å². The molecule has 0 saturated carbocycles. The molecule has 1 aliphatic heterocycles. The number of halogens is 3. The topological polar surface area (TPSA) is 59.2 Å². The molecule has 160 valence electrons. The van der Waals surface area contributed by atoms with Crippen LogP contribution in [-0.4, -0.2) is 61.4 Å². The van der Waals surface area contributed by atoms with Crippen molar-refractivity contribution in [3.8, 4) is 0 Å². The molecule has 0 bridgehead atoms. The number of aromatic nitrogens is 4. The summed E-state index contributed by atoms with van der Waals surface area (Å²) >= 11 is 0. The van der Waals surface area contributed by atoms with E-state index in [1.165, 1.54) is 10.2 Å². The smallest absolute Gasteiger partial charge is 0.340 e. The van der Waals surface area contributed by atoms with E-state index in [1.54, 1.807) is 11.8 Å². The Hall–Kier alpha value is -2.36. The van der Waals surface area contributed by atoms with Crippen molar-refractivity contribution in [1.82, 2.24) is 29.4 Å². The van der Waals surface area contributed by atoms with Gasteiger partial charge in [-0.3, -0.25) is 19.1 Å². The van der Waals surface area contributed by atoms with Gasteiger partial charge in [0.1, 0.15) is 0 Å². The molecule has 2 aromatic rings. The first-order valence-corrected chi connectivity index (χ1v) is 9.82. The van der Waals surface area contributed by atoms with Crippen molar-refractivity contribution in [2.45, 2.75) is 53.0 Å². The Morgan fingerprint density at radius 2 is 1.83 bits per heavy atom. The molecule has 3 heterocycles. The average molecular weight is 412 g/mol. The summed E-state index contributed by atoms with van der Waals surface area (Å²) in [6, 6.07) is 1.01. The molecule has 3 rings (SSSR count). The maximum absolute atomic E-state index is 12.7. The summed E-state index contributed by atoms with van der Waals surface area (Å²) in [5.41, 5.74) is 1.70. The second-order valence-corrected chi connectivity index (χ2v) is 7.39. The summed E-state index contributed by atoms with van der Waals surface area (Å²) in [5, 5.41) is 8.04. The highest BCUT2D eigenvalue weighted by atomic mass is 19.4. The van der Waals surface area contributed by atoms with Gasteiger partial charge in [-0.15, -0.1) is 0 Å². The van der Waals surface area contributed by atoms with Crippen molar-refractivity contribution in [2.24, 2.45) is 0 Å². The van der Waals surface area contributed by atoms with E-state index >= 15 is 0 Å². The molecule has 0 atom stereocenters. The van der Waals surface area contributed by atoms with Crippen molar-refractivity contribution in [3.05, 3.63) is 34.9 Å². The molecule has 10 heteroatoms. The predicted molar refractivity (Wildman–Crippen MR) is 101 cm³/mol. The first-order valence-electron chi connectivity index (χ1n) is 9.82. The van der Waals surface area contributed by atoms with E-state index in [9.17, 15) is 18.0 Å². The maximum Gasteiger partial charge on any atom is 0.435 e. The predicted octanol–water partition coefficient (Wildman–Crippen LogP) is 2.47. The number of carbonyl (C=O) groups is 1. The minimum Gasteiger partial charge on any atom is -0.340 e. The van der Waals surface area contributed by atoms with Crippen molar-refractivity contribution in [2.75, 3.05) is 26.2 Å². The number of hydrogen-bond acceptors (Lipinski definition) is 4. The molecule has 7 nitrogen and oxygen atoms in total. The molecule has 1 fully saturated rings. The first-order chi connectivity index (χ1) is 13.7. The molecule has 0 aromatic carbocycles. The molecule has 29 heavy (non-hydrogen) atoms. The van der Waals surface area contributed by atoms with Crippen molar-refractivity contribution >= 4 is 5.91 Å². The van der Waals surface area contributed by atoms with Gasteiger partial charge in [-0.25, -0.2) is 0 Å². The standard InChI is InChI=1S/C19H27F3N6O/c1-4-27-13-16(15(3)23-27)12-25-7-9-26(10-8-25)18(29)5-6-28-14(2)11-17(24-28)19(20,21)22/h11,13H,4-10,12H2,1-3H3. The quantitative estimate of drug-likeness (QED) is 0.732. The van der Waals surface area contributed by atoms with Crippen LogP contribution >= 0.6 is 0 Å². The molecule has 1 amide bonds. The van der Waals surface area contributed by atoms with Crippen molar-refractivity contribution in [1.29, 1.82) is 0 Å². The second kappa shape index (κ2) is 8.56. The van der Waals surface area contributed by atoms with E-state index in [0.29, 0.717) is 18.8 Å². The number of carbonyl (C=O) groups excluding carboxylic acids is 1.